The normalized spacial score (nSPS) is 11.4. The predicted octanol–water partition coefficient (Wildman–Crippen LogP) is 7.17. The quantitative estimate of drug-likeness (QED) is 0.300. The fourth-order valence-electron chi connectivity index (χ4n) is 3.74. The Kier molecular flexibility index (Phi) is 4.81. The Bertz CT molecular complexity index is 1470. The standard InChI is InChI=1S/C27H20N4/c1-3-29-25-13-11-21(16-27(25)28-2)26-15-19-8-9-20(14-22(19)17-30-26)24-12-10-18-6-4-5-7-23(18)31-24/h3-17H,2H2,1H3. The summed E-state index contributed by atoms with van der Waals surface area (Å²) >= 11 is 0. The molecular weight excluding hydrogens is 380 g/mol. The van der Waals surface area contributed by atoms with E-state index in [1.54, 1.807) is 6.21 Å². The molecule has 0 saturated carbocycles. The maximum Gasteiger partial charge on any atom is 0.0885 e. The molecule has 0 aliphatic heterocycles. The third-order valence-electron chi connectivity index (χ3n) is 5.33. The first-order valence-electron chi connectivity index (χ1n) is 10.1. The maximum atomic E-state index is 4.81. The van der Waals surface area contributed by atoms with E-state index in [1.165, 1.54) is 0 Å². The minimum atomic E-state index is 0.746. The van der Waals surface area contributed by atoms with E-state index >= 15 is 0 Å². The van der Waals surface area contributed by atoms with Crippen molar-refractivity contribution in [2.45, 2.75) is 6.92 Å². The smallest absolute Gasteiger partial charge is 0.0885 e. The molecule has 0 atom stereocenters. The first-order chi connectivity index (χ1) is 15.2. The van der Waals surface area contributed by atoms with E-state index in [2.05, 4.69) is 59.2 Å². The Hall–Kier alpha value is -4.18. The first-order valence-corrected chi connectivity index (χ1v) is 10.1. The molecule has 0 fully saturated rings. The number of para-hydroxylation sites is 1. The van der Waals surface area contributed by atoms with Gasteiger partial charge in [-0.05, 0) is 55.4 Å². The number of aliphatic imine (C=N–C) groups is 2. The second kappa shape index (κ2) is 7.92. The van der Waals surface area contributed by atoms with E-state index in [0.29, 0.717) is 0 Å². The number of fused-ring (bicyclic) bond motifs is 2. The Labute approximate surface area is 180 Å². The zero-order chi connectivity index (χ0) is 21.2. The van der Waals surface area contributed by atoms with Gasteiger partial charge in [-0.1, -0.05) is 42.5 Å². The van der Waals surface area contributed by atoms with Crippen molar-refractivity contribution in [1.29, 1.82) is 0 Å². The van der Waals surface area contributed by atoms with Gasteiger partial charge in [-0.25, -0.2) is 4.98 Å². The number of nitrogens with zero attached hydrogens (tertiary/aromatic N) is 4. The van der Waals surface area contributed by atoms with Gasteiger partial charge in [0.2, 0.25) is 0 Å². The van der Waals surface area contributed by atoms with Crippen LogP contribution in [0.25, 0.3) is 44.2 Å². The minimum Gasteiger partial charge on any atom is -0.262 e. The lowest BCUT2D eigenvalue weighted by Crippen LogP contribution is -1.88. The molecular formula is C27H20N4. The molecule has 5 rings (SSSR count). The number of hydrogen-bond acceptors (Lipinski definition) is 4. The van der Waals surface area contributed by atoms with Crippen LogP contribution in [-0.4, -0.2) is 22.9 Å². The van der Waals surface area contributed by atoms with E-state index in [1.807, 2.05) is 49.5 Å². The largest absolute Gasteiger partial charge is 0.262 e. The third kappa shape index (κ3) is 3.60. The molecule has 0 unspecified atom stereocenters. The molecule has 4 nitrogen and oxygen atoms in total. The van der Waals surface area contributed by atoms with Crippen LogP contribution >= 0.6 is 0 Å². The summed E-state index contributed by atoms with van der Waals surface area (Å²) < 4.78 is 0. The Morgan fingerprint density at radius 1 is 0.742 bits per heavy atom. The highest BCUT2D eigenvalue weighted by atomic mass is 14.8. The Morgan fingerprint density at radius 3 is 2.42 bits per heavy atom. The van der Waals surface area contributed by atoms with Crippen LogP contribution in [0, 0.1) is 0 Å². The van der Waals surface area contributed by atoms with Crippen molar-refractivity contribution in [2.75, 3.05) is 0 Å². The molecule has 0 aliphatic carbocycles. The van der Waals surface area contributed by atoms with E-state index in [0.717, 1.165) is 55.6 Å². The fourth-order valence-corrected chi connectivity index (χ4v) is 3.74. The van der Waals surface area contributed by atoms with Gasteiger partial charge >= 0.3 is 0 Å². The molecule has 0 radical (unpaired) electrons. The highest BCUT2D eigenvalue weighted by molar-refractivity contribution is 5.90. The van der Waals surface area contributed by atoms with Gasteiger partial charge in [-0.15, -0.1) is 0 Å². The van der Waals surface area contributed by atoms with Gasteiger partial charge < -0.3 is 0 Å². The highest BCUT2D eigenvalue weighted by Crippen LogP contribution is 2.33. The summed E-state index contributed by atoms with van der Waals surface area (Å²) in [6.45, 7) is 5.55. The zero-order valence-electron chi connectivity index (χ0n) is 17.2. The molecule has 0 N–H and O–H groups in total. The number of hydrogen-bond donors (Lipinski definition) is 0. The lowest BCUT2D eigenvalue weighted by molar-refractivity contribution is 1.35. The molecule has 2 heterocycles. The predicted molar refractivity (Wildman–Crippen MR) is 131 cm³/mol. The van der Waals surface area contributed by atoms with Crippen LogP contribution in [0.2, 0.25) is 0 Å². The van der Waals surface area contributed by atoms with Crippen molar-refractivity contribution < 1.29 is 0 Å². The molecule has 31 heavy (non-hydrogen) atoms. The van der Waals surface area contributed by atoms with Gasteiger partial charge in [0.05, 0.1) is 28.3 Å². The third-order valence-corrected chi connectivity index (χ3v) is 5.33. The van der Waals surface area contributed by atoms with Crippen molar-refractivity contribution >= 4 is 46.0 Å². The Morgan fingerprint density at radius 2 is 1.55 bits per heavy atom. The van der Waals surface area contributed by atoms with Gasteiger partial charge in [-0.2, -0.15) is 0 Å². The summed E-state index contributed by atoms with van der Waals surface area (Å²) in [7, 11) is 0. The van der Waals surface area contributed by atoms with Crippen LogP contribution in [0.4, 0.5) is 11.4 Å². The molecule has 5 aromatic rings. The monoisotopic (exact) mass is 400 g/mol. The number of pyridine rings is 2. The van der Waals surface area contributed by atoms with E-state index in [9.17, 15) is 0 Å². The van der Waals surface area contributed by atoms with Crippen molar-refractivity contribution in [3.05, 3.63) is 85.1 Å². The summed E-state index contributed by atoms with van der Waals surface area (Å²) in [5.74, 6) is 0. The summed E-state index contributed by atoms with van der Waals surface area (Å²) in [4.78, 5) is 17.9. The van der Waals surface area contributed by atoms with Gasteiger partial charge in [-0.3, -0.25) is 15.0 Å². The van der Waals surface area contributed by atoms with Gasteiger partial charge in [0, 0.05) is 34.3 Å². The number of rotatable bonds is 4. The van der Waals surface area contributed by atoms with Crippen LogP contribution in [0.15, 0.2) is 95.0 Å². The summed E-state index contributed by atoms with van der Waals surface area (Å²) in [6, 6.07) is 26.7. The van der Waals surface area contributed by atoms with Crippen LogP contribution < -0.4 is 0 Å². The van der Waals surface area contributed by atoms with Crippen LogP contribution in [0.5, 0.6) is 0 Å². The van der Waals surface area contributed by atoms with Crippen molar-refractivity contribution in [2.24, 2.45) is 9.98 Å². The summed E-state index contributed by atoms with van der Waals surface area (Å²) in [5.41, 5.74) is 6.45. The van der Waals surface area contributed by atoms with Gasteiger partial charge in [0.15, 0.2) is 0 Å². The van der Waals surface area contributed by atoms with E-state index in [4.69, 9.17) is 9.97 Å². The SMILES string of the molecule is C=Nc1cc(-c2cc3ccc(-c4ccc5ccccc5n4)cc3cn2)ccc1N=CC. The highest BCUT2D eigenvalue weighted by Gasteiger charge is 2.08. The maximum absolute atomic E-state index is 4.81. The molecule has 0 bridgehead atoms. The molecule has 0 saturated heterocycles. The number of benzene rings is 3. The average Bonchev–Trinajstić information content (AvgIpc) is 2.83. The average molecular weight is 400 g/mol. The van der Waals surface area contributed by atoms with E-state index < -0.39 is 0 Å². The van der Waals surface area contributed by atoms with Gasteiger partial charge in [0.1, 0.15) is 0 Å². The number of aromatic nitrogens is 2. The van der Waals surface area contributed by atoms with Crippen LogP contribution in [-0.2, 0) is 0 Å². The molecule has 4 heteroatoms. The van der Waals surface area contributed by atoms with Crippen molar-refractivity contribution in [3.8, 4) is 22.5 Å². The van der Waals surface area contributed by atoms with E-state index in [-0.39, 0.29) is 0 Å². The lowest BCUT2D eigenvalue weighted by Gasteiger charge is -2.08. The van der Waals surface area contributed by atoms with Crippen molar-refractivity contribution in [3.63, 3.8) is 0 Å². The molecule has 0 aliphatic rings. The second-order valence-corrected chi connectivity index (χ2v) is 7.27. The van der Waals surface area contributed by atoms with Crippen LogP contribution in [0.1, 0.15) is 6.92 Å². The molecule has 0 amide bonds. The van der Waals surface area contributed by atoms with Crippen LogP contribution in [0.3, 0.4) is 0 Å². The van der Waals surface area contributed by atoms with Crippen molar-refractivity contribution in [1.82, 2.24) is 9.97 Å². The minimum absolute atomic E-state index is 0.746. The molecule has 148 valence electrons. The summed E-state index contributed by atoms with van der Waals surface area (Å²) in [5, 5.41) is 3.34. The molecule has 3 aromatic carbocycles. The zero-order valence-corrected chi connectivity index (χ0v) is 17.2. The first kappa shape index (κ1) is 18.8. The Balaban J connectivity index is 1.53. The molecule has 0 spiro atoms. The van der Waals surface area contributed by atoms with Gasteiger partial charge in [0.25, 0.3) is 0 Å². The lowest BCUT2D eigenvalue weighted by atomic mass is 10.0. The fraction of sp³-hybridized carbons (Fsp3) is 0.0370. The topological polar surface area (TPSA) is 50.5 Å². The molecule has 2 aromatic heterocycles. The second-order valence-electron chi connectivity index (χ2n) is 7.27. The summed E-state index contributed by atoms with van der Waals surface area (Å²) in [6.07, 6.45) is 3.66.